The summed E-state index contributed by atoms with van der Waals surface area (Å²) in [6, 6.07) is 3.77. The fourth-order valence-corrected chi connectivity index (χ4v) is 5.00. The highest BCUT2D eigenvalue weighted by Gasteiger charge is 2.43. The molecule has 150 valence electrons. The van der Waals surface area contributed by atoms with Gasteiger partial charge in [-0.25, -0.2) is 12.7 Å². The van der Waals surface area contributed by atoms with Crippen molar-refractivity contribution < 1.29 is 13.2 Å². The van der Waals surface area contributed by atoms with E-state index in [2.05, 4.69) is 23.7 Å². The van der Waals surface area contributed by atoms with Gasteiger partial charge in [0.1, 0.15) is 0 Å². The van der Waals surface area contributed by atoms with E-state index < -0.39 is 10.0 Å². The van der Waals surface area contributed by atoms with Gasteiger partial charge in [-0.3, -0.25) is 14.7 Å². The van der Waals surface area contributed by atoms with E-state index in [1.54, 1.807) is 12.4 Å². The van der Waals surface area contributed by atoms with E-state index >= 15 is 0 Å². The minimum Gasteiger partial charge on any atom is -0.340 e. The first-order valence-corrected chi connectivity index (χ1v) is 11.5. The van der Waals surface area contributed by atoms with Gasteiger partial charge >= 0.3 is 0 Å². The molecule has 0 radical (unpaired) electrons. The van der Waals surface area contributed by atoms with Crippen LogP contribution in [0.3, 0.4) is 0 Å². The highest BCUT2D eigenvalue weighted by Crippen LogP contribution is 2.35. The van der Waals surface area contributed by atoms with Crippen LogP contribution in [0.4, 0.5) is 0 Å². The van der Waals surface area contributed by atoms with E-state index in [9.17, 15) is 13.2 Å². The van der Waals surface area contributed by atoms with Crippen molar-refractivity contribution in [3.8, 4) is 0 Å². The molecule has 7 nitrogen and oxygen atoms in total. The van der Waals surface area contributed by atoms with Gasteiger partial charge in [-0.2, -0.15) is 0 Å². The predicted octanol–water partition coefficient (Wildman–Crippen LogP) is 0.857. The third-order valence-electron chi connectivity index (χ3n) is 5.51. The SMILES string of the molecule is CC(C)CN1CCN(C(=O)[C@@H]2CN(S(C)(=O)=O)C[C@H]2c2ccncc2)CC1. The molecule has 1 aromatic rings. The van der Waals surface area contributed by atoms with Crippen LogP contribution in [0, 0.1) is 11.8 Å². The van der Waals surface area contributed by atoms with Gasteiger partial charge in [0.2, 0.25) is 15.9 Å². The molecule has 2 aliphatic rings. The van der Waals surface area contributed by atoms with Crippen molar-refractivity contribution in [3.05, 3.63) is 30.1 Å². The van der Waals surface area contributed by atoms with Crippen LogP contribution in [0.25, 0.3) is 0 Å². The number of aromatic nitrogens is 1. The Balaban J connectivity index is 1.73. The monoisotopic (exact) mass is 394 g/mol. The molecule has 0 saturated carbocycles. The van der Waals surface area contributed by atoms with Gasteiger partial charge in [0, 0.05) is 64.1 Å². The molecule has 27 heavy (non-hydrogen) atoms. The molecular weight excluding hydrogens is 364 g/mol. The van der Waals surface area contributed by atoms with E-state index in [0.717, 1.165) is 25.2 Å². The normalized spacial score (nSPS) is 25.3. The van der Waals surface area contributed by atoms with Crippen molar-refractivity contribution >= 4 is 15.9 Å². The summed E-state index contributed by atoms with van der Waals surface area (Å²) in [5.41, 5.74) is 0.980. The van der Waals surface area contributed by atoms with Crippen LogP contribution in [-0.4, -0.2) is 85.5 Å². The molecule has 2 fully saturated rings. The Kier molecular flexibility index (Phi) is 6.18. The summed E-state index contributed by atoms with van der Waals surface area (Å²) in [4.78, 5) is 21.6. The average molecular weight is 395 g/mol. The van der Waals surface area contributed by atoms with Crippen molar-refractivity contribution in [1.29, 1.82) is 0 Å². The highest BCUT2D eigenvalue weighted by atomic mass is 32.2. The Morgan fingerprint density at radius 3 is 2.33 bits per heavy atom. The maximum Gasteiger partial charge on any atom is 0.227 e. The van der Waals surface area contributed by atoms with Crippen molar-refractivity contribution in [2.75, 3.05) is 52.1 Å². The second-order valence-electron chi connectivity index (χ2n) is 8.09. The number of carbonyl (C=O) groups is 1. The van der Waals surface area contributed by atoms with Crippen molar-refractivity contribution in [1.82, 2.24) is 19.1 Å². The quantitative estimate of drug-likeness (QED) is 0.740. The summed E-state index contributed by atoms with van der Waals surface area (Å²) in [5.74, 6) is 0.233. The van der Waals surface area contributed by atoms with E-state index in [1.807, 2.05) is 17.0 Å². The van der Waals surface area contributed by atoms with E-state index in [-0.39, 0.29) is 24.3 Å². The van der Waals surface area contributed by atoms with Gasteiger partial charge < -0.3 is 4.90 Å². The van der Waals surface area contributed by atoms with Crippen LogP contribution in [0.5, 0.6) is 0 Å². The first kappa shape index (κ1) is 20.2. The summed E-state index contributed by atoms with van der Waals surface area (Å²) in [6.07, 6.45) is 4.61. The number of pyridine rings is 1. The summed E-state index contributed by atoms with van der Waals surface area (Å²) < 4.78 is 25.6. The lowest BCUT2D eigenvalue weighted by Crippen LogP contribution is -2.51. The zero-order valence-electron chi connectivity index (χ0n) is 16.4. The highest BCUT2D eigenvalue weighted by molar-refractivity contribution is 7.88. The molecule has 0 spiro atoms. The van der Waals surface area contributed by atoms with Gasteiger partial charge in [0.05, 0.1) is 12.2 Å². The second kappa shape index (κ2) is 8.24. The molecule has 2 aliphatic heterocycles. The Morgan fingerprint density at radius 2 is 1.78 bits per heavy atom. The van der Waals surface area contributed by atoms with E-state index in [0.29, 0.717) is 25.6 Å². The fraction of sp³-hybridized carbons (Fsp3) is 0.684. The van der Waals surface area contributed by atoms with E-state index in [1.165, 1.54) is 10.6 Å². The summed E-state index contributed by atoms with van der Waals surface area (Å²) in [5, 5.41) is 0. The average Bonchev–Trinajstić information content (AvgIpc) is 3.08. The van der Waals surface area contributed by atoms with Gasteiger partial charge in [-0.15, -0.1) is 0 Å². The molecule has 0 aliphatic carbocycles. The lowest BCUT2D eigenvalue weighted by molar-refractivity contribution is -0.137. The number of sulfonamides is 1. The molecule has 1 amide bonds. The summed E-state index contributed by atoms with van der Waals surface area (Å²) in [6.45, 7) is 9.26. The summed E-state index contributed by atoms with van der Waals surface area (Å²) >= 11 is 0. The predicted molar refractivity (Wildman–Crippen MR) is 105 cm³/mol. The zero-order chi connectivity index (χ0) is 19.6. The topological polar surface area (TPSA) is 73.8 Å². The molecule has 0 aromatic carbocycles. The lowest BCUT2D eigenvalue weighted by Gasteiger charge is -2.37. The number of rotatable bonds is 5. The van der Waals surface area contributed by atoms with Crippen LogP contribution in [0.2, 0.25) is 0 Å². The maximum atomic E-state index is 13.3. The molecule has 3 rings (SSSR count). The second-order valence-corrected chi connectivity index (χ2v) is 10.1. The lowest BCUT2D eigenvalue weighted by atomic mass is 9.88. The molecule has 2 atom stereocenters. The first-order valence-electron chi connectivity index (χ1n) is 9.62. The number of hydrogen-bond acceptors (Lipinski definition) is 5. The fourth-order valence-electron chi connectivity index (χ4n) is 4.14. The smallest absolute Gasteiger partial charge is 0.227 e. The number of nitrogens with zero attached hydrogens (tertiary/aromatic N) is 4. The summed E-state index contributed by atoms with van der Waals surface area (Å²) in [7, 11) is -3.32. The van der Waals surface area contributed by atoms with Crippen LogP contribution in [0.1, 0.15) is 25.3 Å². The Morgan fingerprint density at radius 1 is 1.15 bits per heavy atom. The van der Waals surface area contributed by atoms with Crippen LogP contribution >= 0.6 is 0 Å². The Labute approximate surface area is 162 Å². The van der Waals surface area contributed by atoms with Crippen molar-refractivity contribution in [3.63, 3.8) is 0 Å². The van der Waals surface area contributed by atoms with Gasteiger partial charge in [-0.1, -0.05) is 13.8 Å². The molecule has 3 heterocycles. The van der Waals surface area contributed by atoms with Gasteiger partial charge in [0.25, 0.3) is 0 Å². The zero-order valence-corrected chi connectivity index (χ0v) is 17.2. The Bertz CT molecular complexity index is 745. The largest absolute Gasteiger partial charge is 0.340 e. The van der Waals surface area contributed by atoms with E-state index in [4.69, 9.17) is 0 Å². The molecule has 8 heteroatoms. The number of carbonyl (C=O) groups excluding carboxylic acids is 1. The van der Waals surface area contributed by atoms with Crippen LogP contribution in [0.15, 0.2) is 24.5 Å². The Hall–Kier alpha value is -1.51. The standard InChI is InChI=1S/C19H30N4O3S/c1-15(2)12-21-8-10-22(11-9-21)19(24)18-14-23(27(3,25)26)13-17(18)16-4-6-20-7-5-16/h4-7,15,17-18H,8-14H2,1-3H3/t17-,18+/m0/s1. The number of hydrogen-bond donors (Lipinski definition) is 0. The van der Waals surface area contributed by atoms with Crippen molar-refractivity contribution in [2.45, 2.75) is 19.8 Å². The maximum absolute atomic E-state index is 13.3. The minimum absolute atomic E-state index is 0.0761. The first-order chi connectivity index (χ1) is 12.8. The third kappa shape index (κ3) is 4.86. The van der Waals surface area contributed by atoms with Gasteiger partial charge in [0.15, 0.2) is 0 Å². The van der Waals surface area contributed by atoms with Crippen molar-refractivity contribution in [2.24, 2.45) is 11.8 Å². The molecule has 1 aromatic heterocycles. The number of piperazine rings is 1. The van der Waals surface area contributed by atoms with Gasteiger partial charge in [-0.05, 0) is 23.6 Å². The number of amides is 1. The van der Waals surface area contributed by atoms with Crippen LogP contribution < -0.4 is 0 Å². The van der Waals surface area contributed by atoms with Crippen LogP contribution in [-0.2, 0) is 14.8 Å². The molecule has 0 bridgehead atoms. The third-order valence-corrected chi connectivity index (χ3v) is 6.75. The molecule has 0 N–H and O–H groups in total. The molecule has 0 unspecified atom stereocenters. The molecular formula is C19H30N4O3S. The molecule has 2 saturated heterocycles. The minimum atomic E-state index is -3.32.